The summed E-state index contributed by atoms with van der Waals surface area (Å²) >= 11 is 1.38. The van der Waals surface area contributed by atoms with Crippen LogP contribution in [0.5, 0.6) is 0 Å². The number of aliphatic imine (C=N–C) groups is 1. The molecule has 2 heterocycles. The van der Waals surface area contributed by atoms with E-state index >= 15 is 0 Å². The number of hydrogen-bond acceptors (Lipinski definition) is 5. The first kappa shape index (κ1) is 19.6. The average Bonchev–Trinajstić information content (AvgIpc) is 3.29. The van der Waals surface area contributed by atoms with Crippen molar-refractivity contribution in [2.24, 2.45) is 10.7 Å². The van der Waals surface area contributed by atoms with Gasteiger partial charge in [-0.2, -0.15) is 4.99 Å². The number of amides is 1. The lowest BCUT2D eigenvalue weighted by Gasteiger charge is -2.14. The Labute approximate surface area is 167 Å². The molecule has 4 N–H and O–H groups in total. The lowest BCUT2D eigenvalue weighted by atomic mass is 10.1. The normalized spacial score (nSPS) is 12.6. The van der Waals surface area contributed by atoms with Gasteiger partial charge in [0.15, 0.2) is 11.7 Å². The van der Waals surface area contributed by atoms with E-state index in [1.165, 1.54) is 23.8 Å². The first-order chi connectivity index (χ1) is 13.5. The van der Waals surface area contributed by atoms with Crippen LogP contribution in [0.1, 0.15) is 25.2 Å². The first-order valence-corrected chi connectivity index (χ1v) is 9.81. The van der Waals surface area contributed by atoms with Gasteiger partial charge >= 0.3 is 0 Å². The van der Waals surface area contributed by atoms with Crippen LogP contribution >= 0.6 is 11.3 Å². The molecule has 0 spiro atoms. The molecule has 7 nitrogen and oxygen atoms in total. The summed E-state index contributed by atoms with van der Waals surface area (Å²) in [5, 5.41) is 8.29. The average molecular weight is 398 g/mol. The number of aromatic nitrogens is 1. The summed E-state index contributed by atoms with van der Waals surface area (Å²) in [7, 11) is 0. The van der Waals surface area contributed by atoms with Gasteiger partial charge in [-0.3, -0.25) is 4.79 Å². The maximum atomic E-state index is 11.0. The van der Waals surface area contributed by atoms with Gasteiger partial charge in [0.05, 0.1) is 6.54 Å². The molecule has 28 heavy (non-hydrogen) atoms. The van der Waals surface area contributed by atoms with Gasteiger partial charge in [0.25, 0.3) is 0 Å². The zero-order chi connectivity index (χ0) is 19.9. The van der Waals surface area contributed by atoms with E-state index in [1.54, 1.807) is 0 Å². The molecule has 0 aliphatic heterocycles. The van der Waals surface area contributed by atoms with Gasteiger partial charge in [0, 0.05) is 18.3 Å². The molecule has 3 rings (SSSR count). The Morgan fingerprint density at radius 3 is 2.82 bits per heavy atom. The Kier molecular flexibility index (Phi) is 6.44. The van der Waals surface area contributed by atoms with Crippen molar-refractivity contribution in [1.82, 2.24) is 15.6 Å². The van der Waals surface area contributed by atoms with Crippen LogP contribution in [0.3, 0.4) is 0 Å². The molecule has 8 heteroatoms. The van der Waals surface area contributed by atoms with Crippen molar-refractivity contribution >= 4 is 28.3 Å². The van der Waals surface area contributed by atoms with Crippen molar-refractivity contribution in [2.75, 3.05) is 0 Å². The number of thiazole rings is 1. The minimum atomic E-state index is -0.104. The molecule has 1 atom stereocenters. The second-order valence-electron chi connectivity index (χ2n) is 6.42. The molecule has 3 aromatic rings. The third kappa shape index (κ3) is 5.68. The van der Waals surface area contributed by atoms with Gasteiger partial charge in [0.2, 0.25) is 11.0 Å². The van der Waals surface area contributed by atoms with E-state index < -0.39 is 0 Å². The number of nitrogens with one attached hydrogen (secondary N) is 2. The largest absolute Gasteiger partial charge is 0.458 e. The second-order valence-corrected chi connectivity index (χ2v) is 7.26. The highest BCUT2D eigenvalue weighted by atomic mass is 32.1. The number of guanidine groups is 1. The van der Waals surface area contributed by atoms with E-state index in [9.17, 15) is 4.79 Å². The topological polar surface area (TPSA) is 106 Å². The minimum Gasteiger partial charge on any atom is -0.458 e. The van der Waals surface area contributed by atoms with Crippen LogP contribution in [-0.2, 0) is 17.8 Å². The van der Waals surface area contributed by atoms with Crippen molar-refractivity contribution in [3.05, 3.63) is 59.2 Å². The Morgan fingerprint density at radius 2 is 2.07 bits per heavy atom. The number of hydrogen-bond donors (Lipinski definition) is 3. The molecule has 0 radical (unpaired) electrons. The number of benzene rings is 1. The highest BCUT2D eigenvalue weighted by molar-refractivity contribution is 7.13. The molecule has 146 valence electrons. The summed E-state index contributed by atoms with van der Waals surface area (Å²) in [6, 6.07) is 14.0. The van der Waals surface area contributed by atoms with E-state index in [0.29, 0.717) is 34.9 Å². The van der Waals surface area contributed by atoms with Crippen LogP contribution < -0.4 is 16.4 Å². The van der Waals surface area contributed by atoms with Crippen LogP contribution in [0.4, 0.5) is 5.13 Å². The Balaban J connectivity index is 1.59. The number of rotatable bonds is 7. The molecule has 0 saturated carbocycles. The summed E-state index contributed by atoms with van der Waals surface area (Å²) in [6.07, 6.45) is 0.851. The number of nitrogens with zero attached hydrogens (tertiary/aromatic N) is 2. The number of nitrogens with two attached hydrogens (primary N) is 1. The lowest BCUT2D eigenvalue weighted by molar-refractivity contribution is -0.119. The number of carbonyl (C=O) groups is 1. The molecule has 1 aromatic carbocycles. The van der Waals surface area contributed by atoms with Crippen LogP contribution in [0, 0.1) is 0 Å². The van der Waals surface area contributed by atoms with Crippen molar-refractivity contribution in [2.45, 2.75) is 32.9 Å². The number of furan rings is 1. The predicted molar refractivity (Wildman–Crippen MR) is 111 cm³/mol. The second kappa shape index (κ2) is 9.18. The van der Waals surface area contributed by atoms with E-state index in [2.05, 4.69) is 39.7 Å². The molecule has 1 amide bonds. The summed E-state index contributed by atoms with van der Waals surface area (Å²) in [5.41, 5.74) is 7.94. The zero-order valence-corrected chi connectivity index (χ0v) is 16.6. The molecular formula is C20H23N5O2S. The summed E-state index contributed by atoms with van der Waals surface area (Å²) in [5.74, 6) is 1.52. The molecule has 0 bridgehead atoms. The highest BCUT2D eigenvalue weighted by Gasteiger charge is 2.10. The van der Waals surface area contributed by atoms with Crippen LogP contribution in [0.2, 0.25) is 0 Å². The van der Waals surface area contributed by atoms with E-state index in [1.807, 2.05) is 35.7 Å². The fourth-order valence-corrected chi connectivity index (χ4v) is 3.35. The fraction of sp³-hybridized carbons (Fsp3) is 0.250. The summed E-state index contributed by atoms with van der Waals surface area (Å²) in [6.45, 7) is 3.87. The lowest BCUT2D eigenvalue weighted by Crippen LogP contribution is -2.39. The molecule has 0 fully saturated rings. The van der Waals surface area contributed by atoms with Crippen LogP contribution in [-0.4, -0.2) is 22.9 Å². The third-order valence-corrected chi connectivity index (χ3v) is 4.65. The summed E-state index contributed by atoms with van der Waals surface area (Å²) < 4.78 is 5.70. The molecule has 0 saturated heterocycles. The monoisotopic (exact) mass is 397 g/mol. The molecule has 0 aliphatic rings. The Hall–Kier alpha value is -3.13. The SMILES string of the molecule is CC(=O)NCc1ccc(-c2csc(N=C(N)NC(C)Cc3ccccc3)n2)o1. The van der Waals surface area contributed by atoms with Gasteiger partial charge in [0.1, 0.15) is 11.5 Å². The molecule has 1 unspecified atom stereocenters. The molecular weight excluding hydrogens is 374 g/mol. The Morgan fingerprint density at radius 1 is 1.29 bits per heavy atom. The van der Waals surface area contributed by atoms with Gasteiger partial charge < -0.3 is 20.8 Å². The maximum absolute atomic E-state index is 11.0. The van der Waals surface area contributed by atoms with Crippen molar-refractivity contribution in [3.63, 3.8) is 0 Å². The Bertz CT molecular complexity index is 948. The molecule has 2 aromatic heterocycles. The quantitative estimate of drug-likeness (QED) is 0.419. The van der Waals surface area contributed by atoms with Crippen molar-refractivity contribution in [1.29, 1.82) is 0 Å². The van der Waals surface area contributed by atoms with E-state index in [0.717, 1.165) is 6.42 Å². The number of carbonyl (C=O) groups excluding carboxylic acids is 1. The standard InChI is InChI=1S/C20H23N5O2S/c1-13(10-15-6-4-3-5-7-15)23-19(21)25-20-24-17(12-28-20)18-9-8-16(27-18)11-22-14(2)26/h3-9,12-13H,10-11H2,1-2H3,(H,22,26)(H3,21,23,24,25). The van der Waals surface area contributed by atoms with Gasteiger partial charge in [-0.1, -0.05) is 30.3 Å². The maximum Gasteiger partial charge on any atom is 0.217 e. The van der Waals surface area contributed by atoms with Gasteiger partial charge in [-0.15, -0.1) is 11.3 Å². The zero-order valence-electron chi connectivity index (χ0n) is 15.8. The smallest absolute Gasteiger partial charge is 0.217 e. The van der Waals surface area contributed by atoms with Crippen LogP contribution in [0.15, 0.2) is 57.3 Å². The predicted octanol–water partition coefficient (Wildman–Crippen LogP) is 3.21. The van der Waals surface area contributed by atoms with Crippen molar-refractivity contribution < 1.29 is 9.21 Å². The minimum absolute atomic E-state index is 0.104. The summed E-state index contributed by atoms with van der Waals surface area (Å²) in [4.78, 5) is 19.8. The van der Waals surface area contributed by atoms with Gasteiger partial charge in [-0.25, -0.2) is 4.98 Å². The highest BCUT2D eigenvalue weighted by Crippen LogP contribution is 2.28. The van der Waals surface area contributed by atoms with Gasteiger partial charge in [-0.05, 0) is 31.0 Å². The van der Waals surface area contributed by atoms with E-state index in [-0.39, 0.29) is 11.9 Å². The third-order valence-electron chi connectivity index (χ3n) is 3.91. The first-order valence-electron chi connectivity index (χ1n) is 8.93. The molecule has 0 aliphatic carbocycles. The van der Waals surface area contributed by atoms with E-state index in [4.69, 9.17) is 10.2 Å². The fourth-order valence-electron chi connectivity index (χ4n) is 2.66. The van der Waals surface area contributed by atoms with Crippen LogP contribution in [0.25, 0.3) is 11.5 Å². The van der Waals surface area contributed by atoms with Crippen molar-refractivity contribution in [3.8, 4) is 11.5 Å².